The van der Waals surface area contributed by atoms with E-state index in [1.807, 2.05) is 43.3 Å². The lowest BCUT2D eigenvalue weighted by molar-refractivity contribution is 0.290. The van der Waals surface area contributed by atoms with Gasteiger partial charge in [-0.3, -0.25) is 4.98 Å². The summed E-state index contributed by atoms with van der Waals surface area (Å²) in [7, 11) is 0. The fraction of sp³-hybridized carbons (Fsp3) is 0.250. The average molecular weight is 311 g/mol. The van der Waals surface area contributed by atoms with Gasteiger partial charge < -0.3 is 9.47 Å². The van der Waals surface area contributed by atoms with E-state index in [4.69, 9.17) is 9.47 Å². The lowest BCUT2D eigenvalue weighted by atomic mass is 10.3. The van der Waals surface area contributed by atoms with Crippen LogP contribution in [0.1, 0.15) is 18.3 Å². The second-order valence-corrected chi connectivity index (χ2v) is 4.80. The van der Waals surface area contributed by atoms with E-state index >= 15 is 0 Å². The first-order chi connectivity index (χ1) is 11.3. The Balaban J connectivity index is 1.50. The Kier molecular flexibility index (Phi) is 4.78. The van der Waals surface area contributed by atoms with E-state index in [-0.39, 0.29) is 6.61 Å². The van der Waals surface area contributed by atoms with Crippen LogP contribution in [-0.4, -0.2) is 25.2 Å². The summed E-state index contributed by atoms with van der Waals surface area (Å²) in [4.78, 5) is 5.58. The predicted octanol–water partition coefficient (Wildman–Crippen LogP) is 2.25. The number of pyridine rings is 1. The third-order valence-electron chi connectivity index (χ3n) is 3.10. The van der Waals surface area contributed by atoms with Gasteiger partial charge in [0.1, 0.15) is 18.1 Å². The van der Waals surface area contributed by atoms with Gasteiger partial charge in [0.2, 0.25) is 5.82 Å². The Bertz CT molecular complexity index is 728. The summed E-state index contributed by atoms with van der Waals surface area (Å²) in [6.45, 7) is 3.42. The second-order valence-electron chi connectivity index (χ2n) is 4.80. The summed E-state index contributed by atoms with van der Waals surface area (Å²) in [5.41, 5.74) is 1.03. The summed E-state index contributed by atoms with van der Waals surface area (Å²) in [5, 5.41) is 12.0. The van der Waals surface area contributed by atoms with Crippen LogP contribution in [0, 0.1) is 0 Å². The molecule has 0 radical (unpaired) electrons. The summed E-state index contributed by atoms with van der Waals surface area (Å²) >= 11 is 0. The molecule has 0 aliphatic rings. The molecule has 7 heteroatoms. The van der Waals surface area contributed by atoms with Gasteiger partial charge in [-0.25, -0.2) is 0 Å². The van der Waals surface area contributed by atoms with Crippen molar-refractivity contribution in [2.24, 2.45) is 0 Å². The van der Waals surface area contributed by atoms with Gasteiger partial charge in [-0.05, 0) is 42.5 Å². The Hall–Kier alpha value is -2.96. The van der Waals surface area contributed by atoms with Crippen LogP contribution in [-0.2, 0) is 19.8 Å². The van der Waals surface area contributed by atoms with E-state index < -0.39 is 0 Å². The van der Waals surface area contributed by atoms with Crippen LogP contribution in [0.4, 0.5) is 0 Å². The SMILES string of the molecule is CCn1nnc(COc2ccc(OCc3cccnc3)cc2)n1. The zero-order chi connectivity index (χ0) is 15.9. The van der Waals surface area contributed by atoms with Crippen molar-refractivity contribution >= 4 is 0 Å². The van der Waals surface area contributed by atoms with E-state index in [0.29, 0.717) is 19.0 Å². The molecule has 23 heavy (non-hydrogen) atoms. The minimum Gasteiger partial charge on any atom is -0.489 e. The van der Waals surface area contributed by atoms with E-state index in [9.17, 15) is 0 Å². The summed E-state index contributed by atoms with van der Waals surface area (Å²) < 4.78 is 11.3. The van der Waals surface area contributed by atoms with Gasteiger partial charge >= 0.3 is 0 Å². The highest BCUT2D eigenvalue weighted by Crippen LogP contribution is 2.19. The highest BCUT2D eigenvalue weighted by atomic mass is 16.5. The zero-order valence-electron chi connectivity index (χ0n) is 12.8. The molecule has 0 saturated heterocycles. The molecule has 1 aromatic carbocycles. The van der Waals surface area contributed by atoms with Gasteiger partial charge in [0.15, 0.2) is 6.61 Å². The molecule has 7 nitrogen and oxygen atoms in total. The van der Waals surface area contributed by atoms with Crippen LogP contribution in [0.25, 0.3) is 0 Å². The lowest BCUT2D eigenvalue weighted by Gasteiger charge is -2.07. The van der Waals surface area contributed by atoms with Crippen LogP contribution in [0.5, 0.6) is 11.5 Å². The van der Waals surface area contributed by atoms with Gasteiger partial charge in [-0.15, -0.1) is 10.2 Å². The molecule has 0 bridgehead atoms. The van der Waals surface area contributed by atoms with Crippen molar-refractivity contribution < 1.29 is 9.47 Å². The fourth-order valence-corrected chi connectivity index (χ4v) is 1.90. The smallest absolute Gasteiger partial charge is 0.212 e. The molecule has 0 spiro atoms. The number of hydrogen-bond donors (Lipinski definition) is 0. The molecule has 0 fully saturated rings. The molecular weight excluding hydrogens is 294 g/mol. The molecule has 3 rings (SSSR count). The van der Waals surface area contributed by atoms with Crippen LogP contribution in [0.3, 0.4) is 0 Å². The molecule has 2 aromatic heterocycles. The second kappa shape index (κ2) is 7.35. The molecular formula is C16H17N5O2. The van der Waals surface area contributed by atoms with Crippen LogP contribution >= 0.6 is 0 Å². The van der Waals surface area contributed by atoms with Gasteiger partial charge in [-0.1, -0.05) is 6.07 Å². The molecule has 0 unspecified atom stereocenters. The Labute approximate surface area is 133 Å². The summed E-state index contributed by atoms with van der Waals surface area (Å²) in [6, 6.07) is 11.3. The molecule has 2 heterocycles. The number of tetrazole rings is 1. The first-order valence-electron chi connectivity index (χ1n) is 7.35. The minimum atomic E-state index is 0.288. The summed E-state index contributed by atoms with van der Waals surface area (Å²) in [6.07, 6.45) is 3.53. The van der Waals surface area contributed by atoms with E-state index in [2.05, 4.69) is 20.4 Å². The van der Waals surface area contributed by atoms with Crippen molar-refractivity contribution in [1.29, 1.82) is 0 Å². The average Bonchev–Trinajstić information content (AvgIpc) is 3.08. The molecule has 3 aromatic rings. The van der Waals surface area contributed by atoms with E-state index in [1.165, 1.54) is 4.80 Å². The quantitative estimate of drug-likeness (QED) is 0.666. The van der Waals surface area contributed by atoms with Gasteiger partial charge in [0, 0.05) is 18.0 Å². The number of aromatic nitrogens is 5. The van der Waals surface area contributed by atoms with E-state index in [1.54, 1.807) is 12.4 Å². The van der Waals surface area contributed by atoms with Crippen molar-refractivity contribution in [3.63, 3.8) is 0 Å². The third kappa shape index (κ3) is 4.26. The maximum atomic E-state index is 5.69. The zero-order valence-corrected chi connectivity index (χ0v) is 12.8. The van der Waals surface area contributed by atoms with Crippen molar-refractivity contribution in [2.75, 3.05) is 0 Å². The van der Waals surface area contributed by atoms with Gasteiger partial charge in [0.25, 0.3) is 0 Å². The normalized spacial score (nSPS) is 10.5. The predicted molar refractivity (Wildman–Crippen MR) is 82.8 cm³/mol. The van der Waals surface area contributed by atoms with E-state index in [0.717, 1.165) is 17.1 Å². The molecule has 0 amide bonds. The Morgan fingerprint density at radius 3 is 2.35 bits per heavy atom. The Morgan fingerprint density at radius 1 is 1.00 bits per heavy atom. The van der Waals surface area contributed by atoms with Gasteiger partial charge in [0.05, 0.1) is 6.54 Å². The van der Waals surface area contributed by atoms with Crippen molar-refractivity contribution in [2.45, 2.75) is 26.7 Å². The molecule has 118 valence electrons. The van der Waals surface area contributed by atoms with Crippen LogP contribution < -0.4 is 9.47 Å². The minimum absolute atomic E-state index is 0.288. The monoisotopic (exact) mass is 311 g/mol. The number of aryl methyl sites for hydroxylation is 1. The molecule has 0 aliphatic carbocycles. The molecule has 0 N–H and O–H groups in total. The Morgan fingerprint density at radius 2 is 1.74 bits per heavy atom. The third-order valence-corrected chi connectivity index (χ3v) is 3.10. The number of hydrogen-bond acceptors (Lipinski definition) is 6. The largest absolute Gasteiger partial charge is 0.489 e. The number of rotatable bonds is 7. The standard InChI is InChI=1S/C16H17N5O2/c1-2-21-19-16(18-20-21)12-23-15-7-5-14(6-8-15)22-11-13-4-3-9-17-10-13/h3-10H,2,11-12H2,1H3. The topological polar surface area (TPSA) is 75.0 Å². The number of nitrogens with zero attached hydrogens (tertiary/aromatic N) is 5. The van der Waals surface area contributed by atoms with Gasteiger partial charge in [-0.2, -0.15) is 4.80 Å². The first kappa shape index (κ1) is 15.0. The lowest BCUT2D eigenvalue weighted by Crippen LogP contribution is -2.01. The van der Waals surface area contributed by atoms with Crippen LogP contribution in [0.15, 0.2) is 48.8 Å². The van der Waals surface area contributed by atoms with Crippen molar-refractivity contribution in [3.05, 3.63) is 60.2 Å². The van der Waals surface area contributed by atoms with Crippen molar-refractivity contribution in [3.8, 4) is 11.5 Å². The number of ether oxygens (including phenoxy) is 2. The first-order valence-corrected chi connectivity index (χ1v) is 7.35. The molecule has 0 atom stereocenters. The maximum Gasteiger partial charge on any atom is 0.212 e. The summed E-state index contributed by atoms with van der Waals surface area (Å²) in [5.74, 6) is 2.06. The fourth-order valence-electron chi connectivity index (χ4n) is 1.90. The molecule has 0 aliphatic heterocycles. The van der Waals surface area contributed by atoms with Crippen LogP contribution in [0.2, 0.25) is 0 Å². The molecule has 0 saturated carbocycles. The highest BCUT2D eigenvalue weighted by molar-refractivity contribution is 5.31. The number of benzene rings is 1. The van der Waals surface area contributed by atoms with Crippen molar-refractivity contribution in [1.82, 2.24) is 25.2 Å². The maximum absolute atomic E-state index is 5.69. The highest BCUT2D eigenvalue weighted by Gasteiger charge is 2.03.